The van der Waals surface area contributed by atoms with Gasteiger partial charge in [0.05, 0.1) is 6.42 Å². The van der Waals surface area contributed by atoms with Gasteiger partial charge in [0.25, 0.3) is 0 Å². The Morgan fingerprint density at radius 1 is 1.28 bits per heavy atom. The molecular weight excluding hydrogens is 366 g/mol. The van der Waals surface area contributed by atoms with Crippen LogP contribution in [-0.4, -0.2) is 26.0 Å². The van der Waals surface area contributed by atoms with E-state index in [1.165, 1.54) is 5.56 Å². The number of nitrogens with one attached hydrogen (secondary N) is 2. The smallest absolute Gasteiger partial charge is 0.249 e. The van der Waals surface area contributed by atoms with E-state index in [0.29, 0.717) is 11.7 Å². The molecule has 7 heteroatoms. The molecule has 0 fully saturated rings. The molecule has 1 atom stereocenters. The molecule has 148 valence electrons. The van der Waals surface area contributed by atoms with Crippen molar-refractivity contribution in [1.82, 2.24) is 25.4 Å². The van der Waals surface area contributed by atoms with Gasteiger partial charge in [0.2, 0.25) is 17.6 Å². The quantitative estimate of drug-likeness (QED) is 0.521. The highest BCUT2D eigenvalue weighted by Crippen LogP contribution is 2.26. The summed E-state index contributed by atoms with van der Waals surface area (Å²) in [6, 6.07) is 9.48. The molecule has 4 aromatic rings. The van der Waals surface area contributed by atoms with E-state index in [2.05, 4.69) is 44.5 Å². The van der Waals surface area contributed by atoms with Crippen molar-refractivity contribution in [2.45, 2.75) is 39.7 Å². The van der Waals surface area contributed by atoms with Crippen LogP contribution < -0.4 is 5.32 Å². The normalized spacial score (nSPS) is 12.2. The maximum Gasteiger partial charge on any atom is 0.249 e. The summed E-state index contributed by atoms with van der Waals surface area (Å²) >= 11 is 0. The van der Waals surface area contributed by atoms with E-state index in [1.807, 2.05) is 32.0 Å². The van der Waals surface area contributed by atoms with Crippen molar-refractivity contribution in [1.29, 1.82) is 0 Å². The van der Waals surface area contributed by atoms with E-state index in [0.717, 1.165) is 34.1 Å². The van der Waals surface area contributed by atoms with Crippen molar-refractivity contribution in [2.75, 3.05) is 0 Å². The van der Waals surface area contributed by atoms with Gasteiger partial charge in [-0.2, -0.15) is 4.98 Å². The summed E-state index contributed by atoms with van der Waals surface area (Å²) in [7, 11) is 0. The predicted molar refractivity (Wildman–Crippen MR) is 110 cm³/mol. The first kappa shape index (κ1) is 18.9. The Bertz CT molecular complexity index is 1150. The average molecular weight is 389 g/mol. The molecule has 29 heavy (non-hydrogen) atoms. The van der Waals surface area contributed by atoms with Crippen LogP contribution in [0.25, 0.3) is 22.3 Å². The molecule has 3 aromatic heterocycles. The maximum atomic E-state index is 12.7. The molecule has 0 bridgehead atoms. The van der Waals surface area contributed by atoms with Gasteiger partial charge in [-0.3, -0.25) is 9.78 Å². The molecule has 2 N–H and O–H groups in total. The Morgan fingerprint density at radius 3 is 2.90 bits per heavy atom. The van der Waals surface area contributed by atoms with Gasteiger partial charge in [0.15, 0.2) is 0 Å². The van der Waals surface area contributed by atoms with Crippen molar-refractivity contribution < 1.29 is 9.32 Å². The van der Waals surface area contributed by atoms with Crippen molar-refractivity contribution in [3.63, 3.8) is 0 Å². The van der Waals surface area contributed by atoms with Crippen LogP contribution in [-0.2, 0) is 17.6 Å². The highest BCUT2D eigenvalue weighted by molar-refractivity contribution is 5.91. The van der Waals surface area contributed by atoms with Gasteiger partial charge >= 0.3 is 0 Å². The Labute approximate surface area is 168 Å². The number of benzene rings is 1. The van der Waals surface area contributed by atoms with Crippen molar-refractivity contribution in [3.05, 3.63) is 65.4 Å². The maximum absolute atomic E-state index is 12.7. The zero-order valence-corrected chi connectivity index (χ0v) is 16.7. The van der Waals surface area contributed by atoms with E-state index < -0.39 is 6.04 Å². The van der Waals surface area contributed by atoms with Gasteiger partial charge in [-0.15, -0.1) is 0 Å². The molecular formula is C22H23N5O2. The van der Waals surface area contributed by atoms with Gasteiger partial charge in [0.1, 0.15) is 6.04 Å². The zero-order chi connectivity index (χ0) is 20.4. The topological polar surface area (TPSA) is 96.7 Å². The first-order valence-corrected chi connectivity index (χ1v) is 9.69. The van der Waals surface area contributed by atoms with Crippen LogP contribution in [0.4, 0.5) is 0 Å². The minimum atomic E-state index is -0.392. The Balaban J connectivity index is 1.49. The van der Waals surface area contributed by atoms with Crippen molar-refractivity contribution in [2.24, 2.45) is 0 Å². The number of carbonyl (C=O) groups excluding carboxylic acids is 1. The summed E-state index contributed by atoms with van der Waals surface area (Å²) < 4.78 is 5.33. The van der Waals surface area contributed by atoms with Gasteiger partial charge in [0, 0.05) is 34.6 Å². The number of rotatable bonds is 6. The van der Waals surface area contributed by atoms with E-state index in [1.54, 1.807) is 12.4 Å². The van der Waals surface area contributed by atoms with E-state index >= 15 is 0 Å². The molecule has 0 aliphatic rings. The number of nitrogens with zero attached hydrogens (tertiary/aromatic N) is 3. The number of amides is 1. The fourth-order valence-corrected chi connectivity index (χ4v) is 3.52. The van der Waals surface area contributed by atoms with Crippen molar-refractivity contribution in [3.8, 4) is 11.4 Å². The SMILES string of the molecule is CCc1cccc2c(CC(=O)NC(C)c3nc(-c4cccnc4)no3)c(C)[nH]c12. The minimum absolute atomic E-state index is 0.0930. The fourth-order valence-electron chi connectivity index (χ4n) is 3.52. The lowest BCUT2D eigenvalue weighted by Gasteiger charge is -2.10. The minimum Gasteiger partial charge on any atom is -0.358 e. The van der Waals surface area contributed by atoms with Crippen LogP contribution in [0.1, 0.15) is 42.6 Å². The molecule has 0 aliphatic heterocycles. The molecule has 1 unspecified atom stereocenters. The molecule has 0 radical (unpaired) electrons. The zero-order valence-electron chi connectivity index (χ0n) is 16.7. The van der Waals surface area contributed by atoms with Gasteiger partial charge in [-0.05, 0) is 43.5 Å². The molecule has 4 rings (SSSR count). The number of aromatic amines is 1. The lowest BCUT2D eigenvalue weighted by atomic mass is 10.0. The number of aromatic nitrogens is 4. The van der Waals surface area contributed by atoms with Crippen molar-refractivity contribution >= 4 is 16.8 Å². The number of fused-ring (bicyclic) bond motifs is 1. The van der Waals surface area contributed by atoms with Crippen LogP contribution in [0.15, 0.2) is 47.2 Å². The third-order valence-electron chi connectivity index (χ3n) is 5.07. The van der Waals surface area contributed by atoms with Crippen LogP contribution in [0.2, 0.25) is 0 Å². The molecule has 0 saturated carbocycles. The summed E-state index contributed by atoms with van der Waals surface area (Å²) in [5, 5.41) is 8.04. The number of carbonyl (C=O) groups is 1. The third-order valence-corrected chi connectivity index (χ3v) is 5.07. The standard InChI is InChI=1S/C22H23N5O2/c1-4-15-7-5-9-17-18(13(2)25-20(15)17)11-19(28)24-14(3)22-26-21(27-29-22)16-8-6-10-23-12-16/h5-10,12,14,25H,4,11H2,1-3H3,(H,24,28). The van der Waals surface area contributed by atoms with Gasteiger partial charge < -0.3 is 14.8 Å². The summed E-state index contributed by atoms with van der Waals surface area (Å²) in [6.07, 6.45) is 4.58. The fraction of sp³-hybridized carbons (Fsp3) is 0.273. The molecule has 0 spiro atoms. The van der Waals surface area contributed by atoms with Gasteiger partial charge in [-0.25, -0.2) is 0 Å². The first-order valence-electron chi connectivity index (χ1n) is 9.69. The Hall–Kier alpha value is -3.48. The molecule has 7 nitrogen and oxygen atoms in total. The molecule has 3 heterocycles. The molecule has 1 amide bonds. The number of aryl methyl sites for hydroxylation is 2. The van der Waals surface area contributed by atoms with Crippen LogP contribution >= 0.6 is 0 Å². The number of H-pyrrole nitrogens is 1. The molecule has 0 saturated heterocycles. The first-order chi connectivity index (χ1) is 14.1. The Morgan fingerprint density at radius 2 is 2.14 bits per heavy atom. The van der Waals surface area contributed by atoms with E-state index in [4.69, 9.17) is 4.52 Å². The summed E-state index contributed by atoms with van der Waals surface area (Å²) in [6.45, 7) is 5.96. The van der Waals surface area contributed by atoms with E-state index in [9.17, 15) is 4.79 Å². The number of hydrogen-bond acceptors (Lipinski definition) is 5. The average Bonchev–Trinajstić information content (AvgIpc) is 3.34. The number of para-hydroxylation sites is 1. The summed E-state index contributed by atoms with van der Waals surface area (Å²) in [5.74, 6) is 0.722. The van der Waals surface area contributed by atoms with Crippen LogP contribution in [0.3, 0.4) is 0 Å². The lowest BCUT2D eigenvalue weighted by molar-refractivity contribution is -0.121. The van der Waals surface area contributed by atoms with E-state index in [-0.39, 0.29) is 12.3 Å². The lowest BCUT2D eigenvalue weighted by Crippen LogP contribution is -2.28. The second-order valence-corrected chi connectivity index (χ2v) is 7.09. The second kappa shape index (κ2) is 7.87. The third kappa shape index (κ3) is 3.76. The highest BCUT2D eigenvalue weighted by Gasteiger charge is 2.19. The molecule has 0 aliphatic carbocycles. The number of pyridine rings is 1. The van der Waals surface area contributed by atoms with Crippen LogP contribution in [0, 0.1) is 6.92 Å². The summed E-state index contributed by atoms with van der Waals surface area (Å²) in [4.78, 5) is 24.6. The van der Waals surface area contributed by atoms with Crippen LogP contribution in [0.5, 0.6) is 0 Å². The van der Waals surface area contributed by atoms with Gasteiger partial charge in [-0.1, -0.05) is 30.3 Å². The number of hydrogen-bond donors (Lipinski definition) is 2. The second-order valence-electron chi connectivity index (χ2n) is 7.09. The largest absolute Gasteiger partial charge is 0.358 e. The predicted octanol–water partition coefficient (Wildman–Crippen LogP) is 3.90. The monoisotopic (exact) mass is 389 g/mol. The highest BCUT2D eigenvalue weighted by atomic mass is 16.5. The summed E-state index contributed by atoms with van der Waals surface area (Å²) in [5.41, 5.74) is 5.16. The molecule has 1 aromatic carbocycles. The Kier molecular flexibility index (Phi) is 5.12.